The molecule has 1 aliphatic carbocycles. The lowest BCUT2D eigenvalue weighted by Crippen LogP contribution is -2.46. The van der Waals surface area contributed by atoms with Crippen LogP contribution in [-0.2, 0) is 0 Å². The van der Waals surface area contributed by atoms with Crippen molar-refractivity contribution in [3.05, 3.63) is 35.6 Å². The fourth-order valence-electron chi connectivity index (χ4n) is 3.69. The first-order valence-corrected chi connectivity index (χ1v) is 8.44. The highest BCUT2D eigenvalue weighted by Crippen LogP contribution is 2.32. The van der Waals surface area contributed by atoms with Gasteiger partial charge in [-0.25, -0.2) is 4.39 Å². The summed E-state index contributed by atoms with van der Waals surface area (Å²) in [4.78, 5) is 2.52. The van der Waals surface area contributed by atoms with E-state index in [4.69, 9.17) is 5.73 Å². The van der Waals surface area contributed by atoms with Crippen LogP contribution in [0.15, 0.2) is 24.3 Å². The van der Waals surface area contributed by atoms with E-state index < -0.39 is 0 Å². The Labute approximate surface area is 128 Å². The summed E-state index contributed by atoms with van der Waals surface area (Å²) in [6, 6.07) is 7.76. The van der Waals surface area contributed by atoms with Crippen molar-refractivity contribution in [2.45, 2.75) is 70.5 Å². The molecule has 1 aromatic carbocycles. The first-order chi connectivity index (χ1) is 10.2. The third kappa shape index (κ3) is 4.04. The Morgan fingerprint density at radius 2 is 1.95 bits per heavy atom. The molecule has 2 rings (SSSR count). The molecule has 0 radical (unpaired) electrons. The summed E-state index contributed by atoms with van der Waals surface area (Å²) in [5.41, 5.74) is 7.44. The van der Waals surface area contributed by atoms with Crippen molar-refractivity contribution in [1.82, 2.24) is 4.90 Å². The van der Waals surface area contributed by atoms with Crippen molar-refractivity contribution in [1.29, 1.82) is 0 Å². The molecule has 0 aliphatic heterocycles. The lowest BCUT2D eigenvalue weighted by molar-refractivity contribution is 0.0930. The van der Waals surface area contributed by atoms with E-state index in [0.29, 0.717) is 6.04 Å². The van der Waals surface area contributed by atoms with Crippen LogP contribution in [0, 0.1) is 5.82 Å². The molecule has 118 valence electrons. The normalized spacial score (nSPS) is 19.7. The molecule has 1 aliphatic rings. The summed E-state index contributed by atoms with van der Waals surface area (Å²) in [5, 5.41) is 0. The standard InChI is InChI=1S/C18H29FN2/c1-3-17(20)18(14-9-8-10-15(19)13-14)21(4-2)16-11-6-5-7-12-16/h8-10,13,16-18H,3-7,11-12,20H2,1-2H3. The minimum atomic E-state index is -0.166. The maximum absolute atomic E-state index is 13.6. The molecular formula is C18H29FN2. The van der Waals surface area contributed by atoms with Crippen molar-refractivity contribution >= 4 is 0 Å². The van der Waals surface area contributed by atoms with Crippen molar-refractivity contribution in [3.63, 3.8) is 0 Å². The number of nitrogens with zero attached hydrogens (tertiary/aromatic N) is 1. The molecule has 0 heterocycles. The summed E-state index contributed by atoms with van der Waals surface area (Å²) in [7, 11) is 0. The number of nitrogens with two attached hydrogens (primary N) is 1. The van der Waals surface area contributed by atoms with Gasteiger partial charge < -0.3 is 5.73 Å². The van der Waals surface area contributed by atoms with Gasteiger partial charge in [0.2, 0.25) is 0 Å². The largest absolute Gasteiger partial charge is 0.326 e. The van der Waals surface area contributed by atoms with Crippen LogP contribution in [-0.4, -0.2) is 23.5 Å². The SMILES string of the molecule is CCC(N)C(c1cccc(F)c1)N(CC)C1CCCCC1. The molecule has 1 saturated carbocycles. The van der Waals surface area contributed by atoms with Gasteiger partial charge in [-0.05, 0) is 43.5 Å². The monoisotopic (exact) mass is 292 g/mol. The van der Waals surface area contributed by atoms with E-state index in [1.165, 1.54) is 38.2 Å². The minimum Gasteiger partial charge on any atom is -0.326 e. The number of hydrogen-bond donors (Lipinski definition) is 1. The highest BCUT2D eigenvalue weighted by molar-refractivity contribution is 5.22. The predicted molar refractivity (Wildman–Crippen MR) is 86.7 cm³/mol. The number of rotatable bonds is 6. The molecule has 1 aromatic rings. The summed E-state index contributed by atoms with van der Waals surface area (Å²) in [5.74, 6) is -0.166. The molecule has 2 nitrogen and oxygen atoms in total. The van der Waals surface area contributed by atoms with E-state index in [-0.39, 0.29) is 17.9 Å². The van der Waals surface area contributed by atoms with Crippen LogP contribution in [0.2, 0.25) is 0 Å². The van der Waals surface area contributed by atoms with Gasteiger partial charge in [-0.1, -0.05) is 45.2 Å². The van der Waals surface area contributed by atoms with Crippen LogP contribution in [0.5, 0.6) is 0 Å². The highest BCUT2D eigenvalue weighted by Gasteiger charge is 2.31. The first-order valence-electron chi connectivity index (χ1n) is 8.44. The molecule has 3 heteroatoms. The Morgan fingerprint density at radius 1 is 1.24 bits per heavy atom. The first kappa shape index (κ1) is 16.4. The van der Waals surface area contributed by atoms with Gasteiger partial charge >= 0.3 is 0 Å². The molecule has 0 spiro atoms. The zero-order valence-electron chi connectivity index (χ0n) is 13.4. The van der Waals surface area contributed by atoms with Crippen LogP contribution in [0.4, 0.5) is 4.39 Å². The molecule has 21 heavy (non-hydrogen) atoms. The van der Waals surface area contributed by atoms with Crippen LogP contribution < -0.4 is 5.73 Å². The Kier molecular flexibility index (Phi) is 6.19. The molecule has 2 N–H and O–H groups in total. The summed E-state index contributed by atoms with van der Waals surface area (Å²) in [6.45, 7) is 5.29. The third-order valence-electron chi connectivity index (χ3n) is 4.83. The van der Waals surface area contributed by atoms with Gasteiger partial charge in [0.15, 0.2) is 0 Å². The second kappa shape index (κ2) is 7.90. The van der Waals surface area contributed by atoms with Crippen LogP contribution in [0.25, 0.3) is 0 Å². The number of benzene rings is 1. The zero-order chi connectivity index (χ0) is 15.2. The summed E-state index contributed by atoms with van der Waals surface area (Å²) < 4.78 is 13.6. The maximum Gasteiger partial charge on any atom is 0.123 e. The molecular weight excluding hydrogens is 263 g/mol. The van der Waals surface area contributed by atoms with E-state index in [0.717, 1.165) is 18.5 Å². The van der Waals surface area contributed by atoms with E-state index in [1.54, 1.807) is 12.1 Å². The Balaban J connectivity index is 2.28. The van der Waals surface area contributed by atoms with Crippen molar-refractivity contribution in [2.24, 2.45) is 5.73 Å². The Bertz CT molecular complexity index is 429. The highest BCUT2D eigenvalue weighted by atomic mass is 19.1. The average molecular weight is 292 g/mol. The summed E-state index contributed by atoms with van der Waals surface area (Å²) >= 11 is 0. The minimum absolute atomic E-state index is 0.0497. The van der Waals surface area contributed by atoms with Crippen molar-refractivity contribution in [3.8, 4) is 0 Å². The van der Waals surface area contributed by atoms with E-state index in [1.807, 2.05) is 6.07 Å². The smallest absolute Gasteiger partial charge is 0.123 e. The van der Waals surface area contributed by atoms with E-state index in [9.17, 15) is 4.39 Å². The molecule has 0 aromatic heterocycles. The van der Waals surface area contributed by atoms with Gasteiger partial charge in [0.1, 0.15) is 5.82 Å². The van der Waals surface area contributed by atoms with Gasteiger partial charge in [-0.3, -0.25) is 4.90 Å². The zero-order valence-corrected chi connectivity index (χ0v) is 13.4. The second-order valence-electron chi connectivity index (χ2n) is 6.19. The molecule has 2 unspecified atom stereocenters. The third-order valence-corrected chi connectivity index (χ3v) is 4.83. The second-order valence-corrected chi connectivity index (χ2v) is 6.19. The lowest BCUT2D eigenvalue weighted by Gasteiger charge is -2.42. The number of likely N-dealkylation sites (N-methyl/N-ethyl adjacent to an activating group) is 1. The molecule has 0 bridgehead atoms. The van der Waals surface area contributed by atoms with Gasteiger partial charge in [-0.2, -0.15) is 0 Å². The quantitative estimate of drug-likeness (QED) is 0.849. The molecule has 2 atom stereocenters. The lowest BCUT2D eigenvalue weighted by atomic mass is 9.89. The average Bonchev–Trinajstić information content (AvgIpc) is 2.52. The van der Waals surface area contributed by atoms with Crippen LogP contribution in [0.3, 0.4) is 0 Å². The summed E-state index contributed by atoms with van der Waals surface area (Å²) in [6.07, 6.45) is 7.35. The van der Waals surface area contributed by atoms with Crippen molar-refractivity contribution in [2.75, 3.05) is 6.54 Å². The van der Waals surface area contributed by atoms with Gasteiger partial charge in [0.05, 0.1) is 6.04 Å². The molecule has 0 amide bonds. The number of halogens is 1. The molecule has 0 saturated heterocycles. The van der Waals surface area contributed by atoms with Crippen LogP contribution in [0.1, 0.15) is 64.0 Å². The van der Waals surface area contributed by atoms with Gasteiger partial charge in [0.25, 0.3) is 0 Å². The van der Waals surface area contributed by atoms with Gasteiger partial charge in [0, 0.05) is 12.1 Å². The fourth-order valence-corrected chi connectivity index (χ4v) is 3.69. The van der Waals surface area contributed by atoms with Crippen LogP contribution >= 0.6 is 0 Å². The predicted octanol–water partition coefficient (Wildman–Crippen LogP) is 4.26. The van der Waals surface area contributed by atoms with Gasteiger partial charge in [-0.15, -0.1) is 0 Å². The molecule has 1 fully saturated rings. The topological polar surface area (TPSA) is 29.3 Å². The fraction of sp³-hybridized carbons (Fsp3) is 0.667. The Morgan fingerprint density at radius 3 is 2.52 bits per heavy atom. The number of hydrogen-bond acceptors (Lipinski definition) is 2. The maximum atomic E-state index is 13.6. The van der Waals surface area contributed by atoms with E-state index in [2.05, 4.69) is 18.7 Å². The van der Waals surface area contributed by atoms with E-state index >= 15 is 0 Å². The Hall–Kier alpha value is -0.930. The van der Waals surface area contributed by atoms with Crippen molar-refractivity contribution < 1.29 is 4.39 Å².